The number of nitrogens with two attached hydrogens (primary N) is 1. The number of hydrogen-bond donors (Lipinski definition) is 1. The van der Waals surface area contributed by atoms with Gasteiger partial charge in [-0.25, -0.2) is 0 Å². The van der Waals surface area contributed by atoms with Crippen LogP contribution in [0, 0.1) is 5.92 Å². The van der Waals surface area contributed by atoms with Crippen molar-refractivity contribution >= 4 is 12.4 Å². The summed E-state index contributed by atoms with van der Waals surface area (Å²) in [5, 5.41) is 0. The topological polar surface area (TPSA) is 26.0 Å². The van der Waals surface area contributed by atoms with Crippen LogP contribution in [0.5, 0.6) is 0 Å². The highest BCUT2D eigenvalue weighted by atomic mass is 35.5. The Bertz CT molecular complexity index is 467. The van der Waals surface area contributed by atoms with Gasteiger partial charge >= 0.3 is 12.4 Å². The van der Waals surface area contributed by atoms with Crippen molar-refractivity contribution in [3.63, 3.8) is 0 Å². The maximum atomic E-state index is 12.9. The Morgan fingerprint density at radius 3 is 1.90 bits per heavy atom. The fourth-order valence-corrected chi connectivity index (χ4v) is 1.94. The number of alkyl halides is 6. The molecule has 0 radical (unpaired) electrons. The maximum Gasteiger partial charge on any atom is 0.416 e. The van der Waals surface area contributed by atoms with Crippen LogP contribution in [0.2, 0.25) is 0 Å². The molecule has 2 N–H and O–H groups in total. The smallest absolute Gasteiger partial charge is 0.324 e. The van der Waals surface area contributed by atoms with Gasteiger partial charge in [-0.3, -0.25) is 0 Å². The zero-order valence-electron chi connectivity index (χ0n) is 11.3. The van der Waals surface area contributed by atoms with E-state index in [1.54, 1.807) is 13.8 Å². The Morgan fingerprint density at radius 1 is 1.00 bits per heavy atom. The second-order valence-corrected chi connectivity index (χ2v) is 5.03. The SMILES string of the molecule is CC(C)C[C@@H](N)c1ccc(C(F)(F)F)cc1C(F)(F)F.Cl. The Hall–Kier alpha value is -0.950. The first kappa shape index (κ1) is 20.1. The van der Waals surface area contributed by atoms with Crippen LogP contribution in [0.3, 0.4) is 0 Å². The zero-order chi connectivity index (χ0) is 15.7. The van der Waals surface area contributed by atoms with E-state index in [2.05, 4.69) is 0 Å². The van der Waals surface area contributed by atoms with Gasteiger partial charge < -0.3 is 5.73 Å². The third-order valence-corrected chi connectivity index (χ3v) is 2.81. The molecule has 0 saturated carbocycles. The maximum absolute atomic E-state index is 12.9. The highest BCUT2D eigenvalue weighted by Gasteiger charge is 2.38. The molecule has 8 heteroatoms. The first-order valence-electron chi connectivity index (χ1n) is 5.97. The van der Waals surface area contributed by atoms with Crippen LogP contribution in [0.4, 0.5) is 26.3 Å². The van der Waals surface area contributed by atoms with Gasteiger partial charge in [0.05, 0.1) is 11.1 Å². The van der Waals surface area contributed by atoms with Crippen molar-refractivity contribution in [1.29, 1.82) is 0 Å². The van der Waals surface area contributed by atoms with Crippen LogP contribution in [-0.2, 0) is 12.4 Å². The highest BCUT2D eigenvalue weighted by molar-refractivity contribution is 5.85. The van der Waals surface area contributed by atoms with Gasteiger partial charge in [0.1, 0.15) is 0 Å². The largest absolute Gasteiger partial charge is 0.416 e. The minimum Gasteiger partial charge on any atom is -0.324 e. The van der Waals surface area contributed by atoms with E-state index in [0.717, 1.165) is 6.07 Å². The average Bonchev–Trinajstić information content (AvgIpc) is 2.24. The first-order chi connectivity index (χ1) is 8.93. The van der Waals surface area contributed by atoms with Crippen molar-refractivity contribution in [2.75, 3.05) is 0 Å². The molecule has 0 aliphatic rings. The first-order valence-corrected chi connectivity index (χ1v) is 5.97. The molecule has 0 aliphatic heterocycles. The van der Waals surface area contributed by atoms with Gasteiger partial charge in [0.15, 0.2) is 0 Å². The van der Waals surface area contributed by atoms with E-state index in [4.69, 9.17) is 5.73 Å². The summed E-state index contributed by atoms with van der Waals surface area (Å²) in [7, 11) is 0. The molecule has 0 saturated heterocycles. The molecule has 0 aromatic heterocycles. The average molecular weight is 336 g/mol. The molecule has 0 amide bonds. The predicted octanol–water partition coefficient (Wildman–Crippen LogP) is 5.19. The van der Waals surface area contributed by atoms with Gasteiger partial charge in [-0.1, -0.05) is 19.9 Å². The number of hydrogen-bond acceptors (Lipinski definition) is 1. The second kappa shape index (κ2) is 6.87. The van der Waals surface area contributed by atoms with Crippen molar-refractivity contribution in [3.8, 4) is 0 Å². The molecule has 1 atom stereocenters. The lowest BCUT2D eigenvalue weighted by atomic mass is 9.92. The van der Waals surface area contributed by atoms with Crippen molar-refractivity contribution in [2.45, 2.75) is 38.7 Å². The lowest BCUT2D eigenvalue weighted by molar-refractivity contribution is -0.143. The normalized spacial score (nSPS) is 14.0. The van der Waals surface area contributed by atoms with Gasteiger partial charge in [-0.15, -0.1) is 12.4 Å². The minimum absolute atomic E-state index is 0. The molecular weight excluding hydrogens is 320 g/mol. The van der Waals surface area contributed by atoms with E-state index in [1.165, 1.54) is 0 Å². The summed E-state index contributed by atoms with van der Waals surface area (Å²) in [6.07, 6.45) is -9.43. The van der Waals surface area contributed by atoms with Crippen LogP contribution < -0.4 is 5.73 Å². The van der Waals surface area contributed by atoms with E-state index in [1.807, 2.05) is 0 Å². The zero-order valence-corrected chi connectivity index (χ0v) is 12.2. The molecule has 0 bridgehead atoms. The van der Waals surface area contributed by atoms with Crippen LogP contribution in [-0.4, -0.2) is 0 Å². The third-order valence-electron chi connectivity index (χ3n) is 2.81. The highest BCUT2D eigenvalue weighted by Crippen LogP contribution is 2.39. The van der Waals surface area contributed by atoms with E-state index in [0.29, 0.717) is 6.07 Å². The Kier molecular flexibility index (Phi) is 6.56. The number of benzene rings is 1. The third kappa shape index (κ3) is 5.39. The van der Waals surface area contributed by atoms with Gasteiger partial charge in [-0.05, 0) is 30.0 Å². The minimum atomic E-state index is -4.87. The van der Waals surface area contributed by atoms with Gasteiger partial charge in [0.25, 0.3) is 0 Å². The molecule has 0 aliphatic carbocycles. The van der Waals surface area contributed by atoms with E-state index in [9.17, 15) is 26.3 Å². The van der Waals surface area contributed by atoms with Crippen LogP contribution in [0.15, 0.2) is 18.2 Å². The molecule has 1 nitrogen and oxygen atoms in total. The van der Waals surface area contributed by atoms with Crippen molar-refractivity contribution in [1.82, 2.24) is 0 Å². The number of rotatable bonds is 3. The Labute approximate surface area is 124 Å². The quantitative estimate of drug-likeness (QED) is 0.756. The van der Waals surface area contributed by atoms with Crippen molar-refractivity contribution in [2.24, 2.45) is 11.7 Å². The standard InChI is InChI=1S/C13H15F6N.ClH/c1-7(2)5-11(20)9-4-3-8(12(14,15)16)6-10(9)13(17,18)19;/h3-4,6-7,11H,5,20H2,1-2H3;1H/t11-;/m1./s1. The fourth-order valence-electron chi connectivity index (χ4n) is 1.94. The summed E-state index contributed by atoms with van der Waals surface area (Å²) < 4.78 is 76.2. The van der Waals surface area contributed by atoms with Gasteiger partial charge in [-0.2, -0.15) is 26.3 Å². The molecule has 21 heavy (non-hydrogen) atoms. The Balaban J connectivity index is 0.00000400. The summed E-state index contributed by atoms with van der Waals surface area (Å²) in [5.74, 6) is 0.0355. The molecule has 0 unspecified atom stereocenters. The molecule has 1 aromatic carbocycles. The molecule has 0 heterocycles. The van der Waals surface area contributed by atoms with Gasteiger partial charge in [0, 0.05) is 6.04 Å². The summed E-state index contributed by atoms with van der Waals surface area (Å²) >= 11 is 0. The molecule has 0 spiro atoms. The summed E-state index contributed by atoms with van der Waals surface area (Å²) in [5.41, 5.74) is 2.72. The van der Waals surface area contributed by atoms with Crippen molar-refractivity contribution in [3.05, 3.63) is 34.9 Å². The predicted molar refractivity (Wildman–Crippen MR) is 70.1 cm³/mol. The fraction of sp³-hybridized carbons (Fsp3) is 0.538. The van der Waals surface area contributed by atoms with Gasteiger partial charge in [0.2, 0.25) is 0 Å². The second-order valence-electron chi connectivity index (χ2n) is 5.03. The molecular formula is C13H16ClF6N. The Morgan fingerprint density at radius 2 is 1.52 bits per heavy atom. The van der Waals surface area contributed by atoms with E-state index >= 15 is 0 Å². The van der Waals surface area contributed by atoms with Crippen molar-refractivity contribution < 1.29 is 26.3 Å². The monoisotopic (exact) mass is 335 g/mol. The van der Waals surface area contributed by atoms with Crippen LogP contribution in [0.1, 0.15) is 43.0 Å². The van der Waals surface area contributed by atoms with E-state index in [-0.39, 0.29) is 36.4 Å². The molecule has 1 aromatic rings. The lowest BCUT2D eigenvalue weighted by Crippen LogP contribution is -2.20. The summed E-state index contributed by atoms with van der Waals surface area (Å²) in [4.78, 5) is 0. The summed E-state index contributed by atoms with van der Waals surface area (Å²) in [6.45, 7) is 3.55. The molecule has 0 fully saturated rings. The van der Waals surface area contributed by atoms with Crippen LogP contribution >= 0.6 is 12.4 Å². The van der Waals surface area contributed by atoms with Crippen LogP contribution in [0.25, 0.3) is 0 Å². The lowest BCUT2D eigenvalue weighted by Gasteiger charge is -2.21. The number of halogens is 7. The molecule has 1 rings (SSSR count). The van der Waals surface area contributed by atoms with E-state index < -0.39 is 29.5 Å². The molecule has 122 valence electrons. The summed E-state index contributed by atoms with van der Waals surface area (Å²) in [6, 6.07) is 0.618.